The molecular formula is C25H19F5N4O3. The number of nitrogens with zero attached hydrogens (tertiary/aromatic N) is 2. The number of alkyl halides is 5. The highest BCUT2D eigenvalue weighted by Gasteiger charge is 2.58. The number of aromatic nitrogens is 2. The van der Waals surface area contributed by atoms with Gasteiger partial charge in [-0.05, 0) is 37.3 Å². The first-order chi connectivity index (χ1) is 17.5. The second kappa shape index (κ2) is 9.88. The molecule has 0 unspecified atom stereocenters. The van der Waals surface area contributed by atoms with Crippen molar-refractivity contribution in [2.75, 3.05) is 17.7 Å². The number of anilines is 2. The number of fused-ring (bicyclic) bond motifs is 1. The van der Waals surface area contributed by atoms with Gasteiger partial charge in [0.1, 0.15) is 17.3 Å². The van der Waals surface area contributed by atoms with E-state index in [9.17, 15) is 26.7 Å². The fourth-order valence-electron chi connectivity index (χ4n) is 3.51. The molecule has 3 aromatic carbocycles. The Bertz CT molecular complexity index is 1460. The second-order valence-electron chi connectivity index (χ2n) is 7.77. The molecule has 37 heavy (non-hydrogen) atoms. The van der Waals surface area contributed by atoms with Crippen molar-refractivity contribution in [2.24, 2.45) is 0 Å². The lowest BCUT2D eigenvalue weighted by molar-refractivity contribution is -0.289. The Hall–Kier alpha value is -4.48. The van der Waals surface area contributed by atoms with Crippen molar-refractivity contribution in [3.8, 4) is 17.4 Å². The van der Waals surface area contributed by atoms with Crippen molar-refractivity contribution in [2.45, 2.75) is 19.0 Å². The molecule has 0 fully saturated rings. The molecule has 0 bridgehead atoms. The van der Waals surface area contributed by atoms with Gasteiger partial charge in [0.25, 0.3) is 0 Å². The molecule has 0 spiro atoms. The van der Waals surface area contributed by atoms with E-state index in [1.165, 1.54) is 7.11 Å². The van der Waals surface area contributed by atoms with Gasteiger partial charge in [0.2, 0.25) is 5.88 Å². The molecule has 1 heterocycles. The van der Waals surface area contributed by atoms with E-state index in [1.807, 2.05) is 0 Å². The normalized spacial score (nSPS) is 11.8. The number of aryl methyl sites for hydroxylation is 1. The molecule has 0 saturated carbocycles. The summed E-state index contributed by atoms with van der Waals surface area (Å²) >= 11 is 0. The van der Waals surface area contributed by atoms with E-state index in [0.29, 0.717) is 46.0 Å². The average Bonchev–Trinajstić information content (AvgIpc) is 2.85. The summed E-state index contributed by atoms with van der Waals surface area (Å²) in [6.45, 7) is 1.71. The molecule has 7 nitrogen and oxygen atoms in total. The molecule has 12 heteroatoms. The highest BCUT2D eigenvalue weighted by atomic mass is 19.4. The highest BCUT2D eigenvalue weighted by Crippen LogP contribution is 2.45. The summed E-state index contributed by atoms with van der Waals surface area (Å²) in [5.74, 6) is -3.95. The van der Waals surface area contributed by atoms with Crippen LogP contribution in [-0.4, -0.2) is 29.3 Å². The van der Waals surface area contributed by atoms with Crippen molar-refractivity contribution in [1.82, 2.24) is 9.97 Å². The van der Waals surface area contributed by atoms with Crippen LogP contribution in [0.4, 0.5) is 38.1 Å². The molecule has 0 radical (unpaired) electrons. The zero-order valence-electron chi connectivity index (χ0n) is 19.4. The Morgan fingerprint density at radius 3 is 2.22 bits per heavy atom. The molecule has 4 aromatic rings. The first-order valence-corrected chi connectivity index (χ1v) is 10.7. The quantitative estimate of drug-likeness (QED) is 0.268. The number of nitrogens with one attached hydrogen (secondary N) is 2. The molecule has 0 aliphatic carbocycles. The molecule has 2 N–H and O–H groups in total. The molecule has 0 aliphatic heterocycles. The SMILES string of the molecule is COc1ccc(C(F)(F)C(F)(F)F)cc1NC(=O)Nc1ccc(Oc2ccnc(C)n2)c2ccccc12. The van der Waals surface area contributed by atoms with E-state index in [0.717, 1.165) is 6.07 Å². The van der Waals surface area contributed by atoms with E-state index in [4.69, 9.17) is 9.47 Å². The molecule has 0 atom stereocenters. The van der Waals surface area contributed by atoms with Gasteiger partial charge >= 0.3 is 18.1 Å². The predicted molar refractivity (Wildman–Crippen MR) is 126 cm³/mol. The minimum absolute atomic E-state index is 0.106. The van der Waals surface area contributed by atoms with Crippen LogP contribution in [0.5, 0.6) is 17.4 Å². The smallest absolute Gasteiger partial charge is 0.458 e. The molecule has 0 aliphatic rings. The lowest BCUT2D eigenvalue weighted by Crippen LogP contribution is -2.33. The van der Waals surface area contributed by atoms with Gasteiger partial charge in [-0.2, -0.15) is 26.9 Å². The first-order valence-electron chi connectivity index (χ1n) is 10.7. The van der Waals surface area contributed by atoms with E-state index in [-0.39, 0.29) is 11.4 Å². The number of rotatable bonds is 6. The third-order valence-electron chi connectivity index (χ3n) is 5.26. The first kappa shape index (κ1) is 25.6. The van der Waals surface area contributed by atoms with Crippen LogP contribution in [0.15, 0.2) is 66.9 Å². The third kappa shape index (κ3) is 5.37. The minimum atomic E-state index is -5.81. The van der Waals surface area contributed by atoms with E-state index >= 15 is 0 Å². The van der Waals surface area contributed by atoms with Crippen LogP contribution in [0.25, 0.3) is 10.8 Å². The summed E-state index contributed by atoms with van der Waals surface area (Å²) in [6.07, 6.45) is -4.26. The van der Waals surface area contributed by atoms with Crippen molar-refractivity contribution in [1.29, 1.82) is 0 Å². The largest absolute Gasteiger partial charge is 0.495 e. The Labute approximate surface area is 207 Å². The monoisotopic (exact) mass is 518 g/mol. The van der Waals surface area contributed by atoms with E-state index in [2.05, 4.69) is 20.6 Å². The van der Waals surface area contributed by atoms with Crippen molar-refractivity contribution in [3.63, 3.8) is 0 Å². The van der Waals surface area contributed by atoms with Crippen LogP contribution in [0.2, 0.25) is 0 Å². The number of amides is 2. The summed E-state index contributed by atoms with van der Waals surface area (Å²) in [5, 5.41) is 6.05. The van der Waals surface area contributed by atoms with Gasteiger partial charge in [-0.15, -0.1) is 0 Å². The topological polar surface area (TPSA) is 85.4 Å². The standard InChI is InChI=1S/C25H19F5N4O3/c1-14-31-12-11-22(32-14)37-20-10-8-18(16-5-3-4-6-17(16)20)33-23(35)34-19-13-15(7-9-21(19)36-2)24(26,27)25(28,29)30/h3-13H,1-2H3,(H2,33,34,35). The van der Waals surface area contributed by atoms with Crippen LogP contribution in [0, 0.1) is 6.92 Å². The number of hydrogen-bond donors (Lipinski definition) is 2. The van der Waals surface area contributed by atoms with E-state index < -0.39 is 23.7 Å². The Balaban J connectivity index is 1.61. The van der Waals surface area contributed by atoms with Crippen molar-refractivity contribution < 1.29 is 36.2 Å². The second-order valence-corrected chi connectivity index (χ2v) is 7.77. The summed E-state index contributed by atoms with van der Waals surface area (Å²) < 4.78 is 77.0. The molecular weight excluding hydrogens is 499 g/mol. The van der Waals surface area contributed by atoms with Crippen molar-refractivity contribution >= 4 is 28.2 Å². The molecule has 4 rings (SSSR count). The number of methoxy groups -OCH3 is 1. The van der Waals surface area contributed by atoms with Crippen LogP contribution < -0.4 is 20.1 Å². The summed E-state index contributed by atoms with van der Waals surface area (Å²) in [5.41, 5.74) is -1.39. The zero-order valence-corrected chi connectivity index (χ0v) is 19.4. The zero-order chi connectivity index (χ0) is 26.8. The number of carbonyl (C=O) groups excluding carboxylic acids is 1. The lowest BCUT2D eigenvalue weighted by atomic mass is 10.1. The van der Waals surface area contributed by atoms with Gasteiger partial charge < -0.3 is 20.1 Å². The van der Waals surface area contributed by atoms with Crippen LogP contribution >= 0.6 is 0 Å². The summed E-state index contributed by atoms with van der Waals surface area (Å²) in [6, 6.07) is 12.8. The minimum Gasteiger partial charge on any atom is -0.495 e. The van der Waals surface area contributed by atoms with Gasteiger partial charge in [0, 0.05) is 28.6 Å². The van der Waals surface area contributed by atoms with E-state index in [1.54, 1.807) is 55.6 Å². The summed E-state index contributed by atoms with van der Waals surface area (Å²) in [7, 11) is 1.19. The molecule has 192 valence electrons. The fourth-order valence-corrected chi connectivity index (χ4v) is 3.51. The molecule has 1 aromatic heterocycles. The Morgan fingerprint density at radius 2 is 1.54 bits per heavy atom. The number of urea groups is 1. The maximum atomic E-state index is 13.8. The van der Waals surface area contributed by atoms with Gasteiger partial charge in [-0.3, -0.25) is 0 Å². The predicted octanol–water partition coefficient (Wildman–Crippen LogP) is 7.04. The fraction of sp³-hybridized carbons (Fsp3) is 0.160. The highest BCUT2D eigenvalue weighted by molar-refractivity contribution is 6.08. The summed E-state index contributed by atoms with van der Waals surface area (Å²) in [4.78, 5) is 20.9. The lowest BCUT2D eigenvalue weighted by Gasteiger charge is -2.21. The number of hydrogen-bond acceptors (Lipinski definition) is 5. The van der Waals surface area contributed by atoms with Crippen LogP contribution in [-0.2, 0) is 5.92 Å². The maximum Gasteiger partial charge on any atom is 0.458 e. The van der Waals surface area contributed by atoms with Crippen molar-refractivity contribution in [3.05, 3.63) is 78.2 Å². The van der Waals surface area contributed by atoms with Crippen LogP contribution in [0.1, 0.15) is 11.4 Å². The maximum absolute atomic E-state index is 13.8. The number of benzene rings is 3. The Morgan fingerprint density at radius 1 is 0.865 bits per heavy atom. The van der Waals surface area contributed by atoms with Gasteiger partial charge in [0.15, 0.2) is 0 Å². The van der Waals surface area contributed by atoms with Gasteiger partial charge in [-0.25, -0.2) is 9.78 Å². The average molecular weight is 518 g/mol. The Kier molecular flexibility index (Phi) is 6.84. The van der Waals surface area contributed by atoms with Crippen LogP contribution in [0.3, 0.4) is 0 Å². The molecule has 0 saturated heterocycles. The number of halogens is 5. The number of ether oxygens (including phenoxy) is 2. The van der Waals surface area contributed by atoms with Gasteiger partial charge in [-0.1, -0.05) is 24.3 Å². The third-order valence-corrected chi connectivity index (χ3v) is 5.26. The molecule has 2 amide bonds. The number of carbonyl (C=O) groups is 1. The van der Waals surface area contributed by atoms with Gasteiger partial charge in [0.05, 0.1) is 18.5 Å².